The standard InChI is InChI=1S/C18H23F3N2O3/c1-17(2,3)26-16(24)23-13-6-4-11(8-13)14(23)10-25-15-7-5-12(9-22-15)18(19,20)21/h5,7,9,11,13-14H,4,6,8,10H2,1-3H3/t11?,13-,14?/m1/s1. The predicted octanol–water partition coefficient (Wildman–Crippen LogP) is 4.27. The molecule has 2 heterocycles. The summed E-state index contributed by atoms with van der Waals surface area (Å²) in [6.07, 6.45) is -1.17. The summed E-state index contributed by atoms with van der Waals surface area (Å²) in [6, 6.07) is 2.14. The zero-order chi connectivity index (χ0) is 19.1. The van der Waals surface area contributed by atoms with E-state index >= 15 is 0 Å². The summed E-state index contributed by atoms with van der Waals surface area (Å²) in [5.41, 5.74) is -1.40. The third-order valence-electron chi connectivity index (χ3n) is 4.81. The number of hydrogen-bond acceptors (Lipinski definition) is 4. The van der Waals surface area contributed by atoms with Crippen molar-refractivity contribution in [1.82, 2.24) is 9.88 Å². The van der Waals surface area contributed by atoms with Crippen LogP contribution in [0.3, 0.4) is 0 Å². The van der Waals surface area contributed by atoms with E-state index < -0.39 is 17.3 Å². The predicted molar refractivity (Wildman–Crippen MR) is 87.7 cm³/mol. The van der Waals surface area contributed by atoms with E-state index in [1.807, 2.05) is 20.8 Å². The van der Waals surface area contributed by atoms with E-state index in [4.69, 9.17) is 9.47 Å². The van der Waals surface area contributed by atoms with Crippen LogP contribution in [0.4, 0.5) is 18.0 Å². The Morgan fingerprint density at radius 1 is 1.27 bits per heavy atom. The monoisotopic (exact) mass is 372 g/mol. The van der Waals surface area contributed by atoms with Gasteiger partial charge in [0, 0.05) is 18.3 Å². The molecule has 1 aliphatic heterocycles. The van der Waals surface area contributed by atoms with Crippen molar-refractivity contribution < 1.29 is 27.4 Å². The Morgan fingerprint density at radius 3 is 2.58 bits per heavy atom. The first-order valence-electron chi connectivity index (χ1n) is 8.72. The van der Waals surface area contributed by atoms with Crippen LogP contribution in [0.2, 0.25) is 0 Å². The summed E-state index contributed by atoms with van der Waals surface area (Å²) >= 11 is 0. The molecule has 2 aliphatic rings. The van der Waals surface area contributed by atoms with Gasteiger partial charge in [-0.25, -0.2) is 9.78 Å². The minimum absolute atomic E-state index is 0.116. The molecule has 5 nitrogen and oxygen atoms in total. The molecule has 0 N–H and O–H groups in total. The number of pyridine rings is 1. The van der Waals surface area contributed by atoms with Crippen LogP contribution >= 0.6 is 0 Å². The van der Waals surface area contributed by atoms with E-state index in [0.29, 0.717) is 5.92 Å². The van der Waals surface area contributed by atoms with E-state index in [0.717, 1.165) is 31.5 Å². The van der Waals surface area contributed by atoms with Crippen molar-refractivity contribution in [2.75, 3.05) is 6.61 Å². The van der Waals surface area contributed by atoms with E-state index in [-0.39, 0.29) is 30.7 Å². The molecule has 0 aromatic carbocycles. The molecule has 0 spiro atoms. The number of alkyl halides is 3. The zero-order valence-corrected chi connectivity index (χ0v) is 15.0. The summed E-state index contributed by atoms with van der Waals surface area (Å²) in [6.45, 7) is 5.64. The van der Waals surface area contributed by atoms with Gasteiger partial charge in [-0.05, 0) is 52.0 Å². The molecule has 0 radical (unpaired) electrons. The Balaban J connectivity index is 1.65. The molecule has 144 valence electrons. The van der Waals surface area contributed by atoms with Crippen molar-refractivity contribution in [3.05, 3.63) is 23.9 Å². The highest BCUT2D eigenvalue weighted by Gasteiger charge is 2.49. The molecule has 3 atom stereocenters. The minimum atomic E-state index is -4.43. The second kappa shape index (κ2) is 6.63. The van der Waals surface area contributed by atoms with Crippen molar-refractivity contribution in [2.45, 2.75) is 63.9 Å². The fraction of sp³-hybridized carbons (Fsp3) is 0.667. The van der Waals surface area contributed by atoms with Gasteiger partial charge in [-0.2, -0.15) is 13.2 Å². The van der Waals surface area contributed by atoms with Gasteiger partial charge in [0.1, 0.15) is 12.2 Å². The molecular weight excluding hydrogens is 349 g/mol. The highest BCUT2D eigenvalue weighted by molar-refractivity contribution is 5.70. The van der Waals surface area contributed by atoms with Crippen molar-refractivity contribution >= 4 is 6.09 Å². The highest BCUT2D eigenvalue weighted by atomic mass is 19.4. The topological polar surface area (TPSA) is 51.7 Å². The first-order chi connectivity index (χ1) is 12.0. The second-order valence-electron chi connectivity index (χ2n) is 7.88. The quantitative estimate of drug-likeness (QED) is 0.795. The average Bonchev–Trinajstić information content (AvgIpc) is 3.11. The number of ether oxygens (including phenoxy) is 2. The summed E-state index contributed by atoms with van der Waals surface area (Å²) in [4.78, 5) is 18.0. The normalized spacial score (nSPS) is 25.5. The molecule has 2 fully saturated rings. The number of hydrogen-bond donors (Lipinski definition) is 0. The Morgan fingerprint density at radius 2 is 2.00 bits per heavy atom. The smallest absolute Gasteiger partial charge is 0.417 e. The number of amides is 1. The molecule has 26 heavy (non-hydrogen) atoms. The van der Waals surface area contributed by atoms with Gasteiger partial charge in [-0.3, -0.25) is 4.90 Å². The first kappa shape index (κ1) is 18.8. The van der Waals surface area contributed by atoms with Crippen molar-refractivity contribution in [3.8, 4) is 5.88 Å². The van der Waals surface area contributed by atoms with Gasteiger partial charge < -0.3 is 9.47 Å². The first-order valence-corrected chi connectivity index (χ1v) is 8.72. The van der Waals surface area contributed by atoms with E-state index in [1.165, 1.54) is 6.07 Å². The number of fused-ring (bicyclic) bond motifs is 2. The van der Waals surface area contributed by atoms with E-state index in [9.17, 15) is 18.0 Å². The summed E-state index contributed by atoms with van der Waals surface area (Å²) in [7, 11) is 0. The van der Waals surface area contributed by atoms with Crippen LogP contribution in [-0.4, -0.2) is 40.3 Å². The lowest BCUT2D eigenvalue weighted by Crippen LogP contribution is -2.49. The number of carbonyl (C=O) groups is 1. The van der Waals surface area contributed by atoms with Gasteiger partial charge in [0.2, 0.25) is 5.88 Å². The average molecular weight is 372 g/mol. The Kier molecular flexibility index (Phi) is 4.79. The third-order valence-corrected chi connectivity index (χ3v) is 4.81. The highest BCUT2D eigenvalue weighted by Crippen LogP contribution is 2.43. The Labute approximate surface area is 150 Å². The Bertz CT molecular complexity index is 655. The van der Waals surface area contributed by atoms with Gasteiger partial charge in [0.15, 0.2) is 0 Å². The number of aromatic nitrogens is 1. The molecule has 8 heteroatoms. The van der Waals surface area contributed by atoms with Crippen LogP contribution in [-0.2, 0) is 10.9 Å². The van der Waals surface area contributed by atoms with Gasteiger partial charge in [0.05, 0.1) is 11.6 Å². The number of halogens is 3. The maximum absolute atomic E-state index is 12.6. The molecule has 1 amide bonds. The van der Waals surface area contributed by atoms with Crippen molar-refractivity contribution in [2.24, 2.45) is 5.92 Å². The lowest BCUT2D eigenvalue weighted by Gasteiger charge is -2.36. The maximum atomic E-state index is 12.6. The molecule has 2 unspecified atom stereocenters. The van der Waals surface area contributed by atoms with Crippen LogP contribution in [0.25, 0.3) is 0 Å². The number of carbonyl (C=O) groups excluding carboxylic acids is 1. The molecule has 1 aliphatic carbocycles. The van der Waals surface area contributed by atoms with Gasteiger partial charge in [-0.1, -0.05) is 0 Å². The molecular formula is C18H23F3N2O3. The van der Waals surface area contributed by atoms with Gasteiger partial charge >= 0.3 is 12.3 Å². The van der Waals surface area contributed by atoms with Crippen LogP contribution in [0.15, 0.2) is 18.3 Å². The summed E-state index contributed by atoms with van der Waals surface area (Å²) in [5, 5.41) is 0. The maximum Gasteiger partial charge on any atom is 0.417 e. The summed E-state index contributed by atoms with van der Waals surface area (Å²) < 4.78 is 48.9. The minimum Gasteiger partial charge on any atom is -0.475 e. The van der Waals surface area contributed by atoms with Gasteiger partial charge in [-0.15, -0.1) is 0 Å². The SMILES string of the molecule is CC(C)(C)OC(=O)N1C(COc2ccc(C(F)(F)F)cn2)C2CC[C@@H]1C2. The molecule has 1 saturated heterocycles. The molecule has 1 aromatic rings. The second-order valence-corrected chi connectivity index (χ2v) is 7.88. The zero-order valence-electron chi connectivity index (χ0n) is 15.0. The number of likely N-dealkylation sites (tertiary alicyclic amines) is 1. The molecule has 1 aromatic heterocycles. The van der Waals surface area contributed by atoms with Crippen molar-refractivity contribution in [1.29, 1.82) is 0 Å². The number of piperidine rings is 1. The largest absolute Gasteiger partial charge is 0.475 e. The summed E-state index contributed by atoms with van der Waals surface area (Å²) in [5.74, 6) is 0.437. The lowest BCUT2D eigenvalue weighted by molar-refractivity contribution is -0.137. The fourth-order valence-corrected chi connectivity index (χ4v) is 3.71. The van der Waals surface area contributed by atoms with Crippen LogP contribution < -0.4 is 4.74 Å². The Hall–Kier alpha value is -1.99. The molecule has 2 bridgehead atoms. The van der Waals surface area contributed by atoms with E-state index in [1.54, 1.807) is 4.90 Å². The van der Waals surface area contributed by atoms with Crippen LogP contribution in [0.5, 0.6) is 5.88 Å². The molecule has 3 rings (SSSR count). The number of nitrogens with zero attached hydrogens (tertiary/aromatic N) is 2. The van der Waals surface area contributed by atoms with E-state index in [2.05, 4.69) is 4.98 Å². The molecule has 1 saturated carbocycles. The number of rotatable bonds is 3. The lowest BCUT2D eigenvalue weighted by atomic mass is 10.00. The fourth-order valence-electron chi connectivity index (χ4n) is 3.71. The van der Waals surface area contributed by atoms with Gasteiger partial charge in [0.25, 0.3) is 0 Å². The van der Waals surface area contributed by atoms with Crippen LogP contribution in [0.1, 0.15) is 45.6 Å². The van der Waals surface area contributed by atoms with Crippen LogP contribution in [0, 0.1) is 5.92 Å². The third kappa shape index (κ3) is 4.04. The van der Waals surface area contributed by atoms with Crippen molar-refractivity contribution in [3.63, 3.8) is 0 Å².